The van der Waals surface area contributed by atoms with Crippen LogP contribution in [0.3, 0.4) is 0 Å². The molecule has 0 radical (unpaired) electrons. The Kier molecular flexibility index (Phi) is 38.5. The molecule has 0 aliphatic carbocycles. The number of rotatable bonds is 11. The van der Waals surface area contributed by atoms with Crippen LogP contribution in [-0.4, -0.2) is 0 Å². The minimum Gasteiger partial charge on any atom is -0.0654 e. The molecule has 486 valence electrons. The predicted molar refractivity (Wildman–Crippen MR) is 414 cm³/mol. The Balaban J connectivity index is 0.000000271. The lowest BCUT2D eigenvalue weighted by atomic mass is 9.98. The minimum absolute atomic E-state index is 0.653. The zero-order valence-corrected chi connectivity index (χ0v) is 60.6. The Bertz CT molecular complexity index is 3580. The second-order valence-electron chi connectivity index (χ2n) is 25.8. The van der Waals surface area contributed by atoms with Gasteiger partial charge in [0.2, 0.25) is 0 Å². The Morgan fingerprint density at radius 1 is 0.283 bits per heavy atom. The van der Waals surface area contributed by atoms with Gasteiger partial charge in [-0.25, -0.2) is 0 Å². The molecule has 0 nitrogen and oxygen atoms in total. The first kappa shape index (κ1) is 78.2. The number of fused-ring (bicyclic) bond motifs is 2. The predicted octanol–water partition coefficient (Wildman–Crippen LogP) is 27.3. The van der Waals surface area contributed by atoms with Gasteiger partial charge in [-0.1, -0.05) is 380 Å². The van der Waals surface area contributed by atoms with Crippen LogP contribution >= 0.6 is 0 Å². The van der Waals surface area contributed by atoms with Gasteiger partial charge in [-0.05, 0) is 186 Å². The van der Waals surface area contributed by atoms with E-state index in [4.69, 9.17) is 0 Å². The van der Waals surface area contributed by atoms with Crippen LogP contribution in [-0.2, 0) is 25.7 Å². The third-order valence-electron chi connectivity index (χ3n) is 16.0. The number of aryl methyl sites for hydroxylation is 13. The van der Waals surface area contributed by atoms with E-state index in [-0.39, 0.29) is 0 Å². The van der Waals surface area contributed by atoms with Gasteiger partial charge >= 0.3 is 0 Å². The van der Waals surface area contributed by atoms with Crippen molar-refractivity contribution in [3.05, 3.63) is 344 Å². The molecular formula is C92H118. The lowest BCUT2D eigenvalue weighted by molar-refractivity contribution is 0.647. The maximum absolute atomic E-state index is 2.27. The zero-order chi connectivity index (χ0) is 67.6. The van der Waals surface area contributed by atoms with Gasteiger partial charge in [0, 0.05) is 0 Å². The standard InChI is InChI=1S/2C11H10.3C11H16.2C10H14.C9H12.C8H10/c1-9-5-4-7-10-6-2-3-8-11(9)10;1-9-6-7-10-4-2-3-5-11(10)8-9;1-9(2)8-11-6-4-10(3)5-7-11;1-4-10(3)11-7-5-9(2)6-8-11;1-3-4-5-11-8-6-10(2)7-9-11;1-8(2)10-6-4-9(3)5-7-10;1-3-4-10-7-5-9(2)6-8-10;1-3-9-6-4-8(2)5-7-9;1-7-3-5-8(2)6-4-7/h2*2-8H,1H3;4-7,9H,8H2,1-3H3;5-8,10H,4H2,1-3H3;6-9H,3-5H2,1-2H3;4-8H,1-3H3;5-8H,3-4H2,1-2H3;4-7H,3H2,1-2H3;3-6H,1-2H3. The van der Waals surface area contributed by atoms with Gasteiger partial charge in [0.05, 0.1) is 0 Å². The monoisotopic (exact) mass is 1220 g/mol. The van der Waals surface area contributed by atoms with E-state index in [0.29, 0.717) is 11.8 Å². The summed E-state index contributed by atoms with van der Waals surface area (Å²) in [6.45, 7) is 41.2. The van der Waals surface area contributed by atoms with Crippen LogP contribution in [0.25, 0.3) is 21.5 Å². The first-order chi connectivity index (χ1) is 44.1. The Morgan fingerprint density at radius 2 is 0.641 bits per heavy atom. The zero-order valence-electron chi connectivity index (χ0n) is 60.6. The first-order valence-electron chi connectivity index (χ1n) is 34.4. The summed E-state index contributed by atoms with van der Waals surface area (Å²) in [4.78, 5) is 0. The van der Waals surface area contributed by atoms with Gasteiger partial charge < -0.3 is 0 Å². The first-order valence-corrected chi connectivity index (χ1v) is 34.4. The Hall–Kier alpha value is -8.06. The molecule has 11 rings (SSSR count). The summed E-state index contributed by atoms with van der Waals surface area (Å²) in [7, 11) is 0. The fraction of sp³-hybridized carbons (Fsp3) is 0.326. The molecule has 0 amide bonds. The van der Waals surface area contributed by atoms with Crippen LogP contribution in [0.15, 0.2) is 255 Å². The van der Waals surface area contributed by atoms with Crippen LogP contribution < -0.4 is 0 Å². The molecule has 0 aliphatic rings. The maximum atomic E-state index is 2.27. The van der Waals surface area contributed by atoms with Gasteiger partial charge in [-0.15, -0.1) is 0 Å². The highest BCUT2D eigenvalue weighted by Gasteiger charge is 2.01. The SMILES string of the molecule is CCC(C)c1ccc(C)cc1.CCCCc1ccc(C)cc1.CCCc1ccc(C)cc1.CCc1ccc(C)cc1.Cc1ccc(C(C)C)cc1.Cc1ccc(C)cc1.Cc1ccc(CC(C)C)cc1.Cc1ccc2ccccc2c1.Cc1cccc2ccccc12. The van der Waals surface area contributed by atoms with E-state index in [9.17, 15) is 0 Å². The summed E-state index contributed by atoms with van der Waals surface area (Å²) in [5.41, 5.74) is 22.1. The molecule has 1 unspecified atom stereocenters. The molecule has 0 N–H and O–H groups in total. The molecule has 0 bridgehead atoms. The number of hydrogen-bond donors (Lipinski definition) is 0. The van der Waals surface area contributed by atoms with Crippen LogP contribution in [0, 0.1) is 75.2 Å². The largest absolute Gasteiger partial charge is 0.0654 e. The van der Waals surface area contributed by atoms with E-state index >= 15 is 0 Å². The molecule has 0 saturated carbocycles. The third-order valence-corrected chi connectivity index (χ3v) is 16.0. The summed E-state index contributed by atoms with van der Waals surface area (Å²) in [6.07, 6.45) is 9.83. The van der Waals surface area contributed by atoms with Gasteiger partial charge in [-0.3, -0.25) is 0 Å². The van der Waals surface area contributed by atoms with Gasteiger partial charge in [0.1, 0.15) is 0 Å². The van der Waals surface area contributed by atoms with E-state index in [1.807, 2.05) is 0 Å². The van der Waals surface area contributed by atoms with Crippen molar-refractivity contribution in [2.75, 3.05) is 0 Å². The molecule has 1 atom stereocenters. The Labute approximate surface area is 562 Å². The van der Waals surface area contributed by atoms with E-state index < -0.39 is 0 Å². The van der Waals surface area contributed by atoms with E-state index in [0.717, 1.165) is 12.3 Å². The van der Waals surface area contributed by atoms with Crippen molar-refractivity contribution >= 4 is 21.5 Å². The average molecular weight is 1220 g/mol. The molecule has 0 saturated heterocycles. The average Bonchev–Trinajstić information content (AvgIpc) is 1.55. The van der Waals surface area contributed by atoms with Crippen molar-refractivity contribution in [2.24, 2.45) is 5.92 Å². The highest BCUT2D eigenvalue weighted by Crippen LogP contribution is 2.20. The van der Waals surface area contributed by atoms with Crippen LogP contribution in [0.1, 0.15) is 189 Å². The fourth-order valence-corrected chi connectivity index (χ4v) is 9.61. The summed E-state index contributed by atoms with van der Waals surface area (Å²) in [5.74, 6) is 2.12. The molecule has 11 aromatic carbocycles. The molecule has 0 aliphatic heterocycles. The molecule has 11 aromatic rings. The molecule has 0 spiro atoms. The summed E-state index contributed by atoms with van der Waals surface area (Å²) in [5, 5.41) is 5.33. The molecule has 0 heteroatoms. The van der Waals surface area contributed by atoms with Crippen molar-refractivity contribution in [2.45, 2.75) is 195 Å². The van der Waals surface area contributed by atoms with Gasteiger partial charge in [0.15, 0.2) is 0 Å². The van der Waals surface area contributed by atoms with E-state index in [1.165, 1.54) is 156 Å². The highest BCUT2D eigenvalue weighted by atomic mass is 14.1. The molecule has 0 fully saturated rings. The lowest BCUT2D eigenvalue weighted by Crippen LogP contribution is -1.93. The van der Waals surface area contributed by atoms with Crippen molar-refractivity contribution in [3.8, 4) is 0 Å². The number of unbranched alkanes of at least 4 members (excludes halogenated alkanes) is 1. The normalized spacial score (nSPS) is 10.4. The van der Waals surface area contributed by atoms with Crippen molar-refractivity contribution in [1.82, 2.24) is 0 Å². The van der Waals surface area contributed by atoms with Crippen LogP contribution in [0.5, 0.6) is 0 Å². The summed E-state index contributed by atoms with van der Waals surface area (Å²) >= 11 is 0. The van der Waals surface area contributed by atoms with Gasteiger partial charge in [0.25, 0.3) is 0 Å². The minimum atomic E-state index is 0.653. The van der Waals surface area contributed by atoms with E-state index in [1.54, 1.807) is 0 Å². The number of hydrogen-bond acceptors (Lipinski definition) is 0. The highest BCUT2D eigenvalue weighted by molar-refractivity contribution is 5.85. The fourth-order valence-electron chi connectivity index (χ4n) is 9.61. The summed E-state index contributed by atoms with van der Waals surface area (Å²) < 4.78 is 0. The van der Waals surface area contributed by atoms with Crippen LogP contribution in [0.4, 0.5) is 0 Å². The van der Waals surface area contributed by atoms with Gasteiger partial charge in [-0.2, -0.15) is 0 Å². The topological polar surface area (TPSA) is 0 Å². The maximum Gasteiger partial charge on any atom is -0.0155 e. The van der Waals surface area contributed by atoms with Crippen molar-refractivity contribution < 1.29 is 0 Å². The third kappa shape index (κ3) is 33.8. The Morgan fingerprint density at radius 3 is 1.04 bits per heavy atom. The quantitative estimate of drug-likeness (QED) is 0.121. The van der Waals surface area contributed by atoms with Crippen molar-refractivity contribution in [1.29, 1.82) is 0 Å². The second-order valence-corrected chi connectivity index (χ2v) is 25.8. The smallest absolute Gasteiger partial charge is 0.0155 e. The van der Waals surface area contributed by atoms with Crippen molar-refractivity contribution in [3.63, 3.8) is 0 Å². The summed E-state index contributed by atoms with van der Waals surface area (Å²) in [6, 6.07) is 90.8. The molecule has 92 heavy (non-hydrogen) atoms. The number of benzene rings is 11. The molecule has 0 aromatic heterocycles. The van der Waals surface area contributed by atoms with E-state index in [2.05, 4.69) is 386 Å². The lowest BCUT2D eigenvalue weighted by Gasteiger charge is -2.07. The van der Waals surface area contributed by atoms with Crippen LogP contribution in [0.2, 0.25) is 0 Å². The second kappa shape index (κ2) is 45.2. The molecule has 0 heterocycles. The molecular weight excluding hydrogens is 1110 g/mol.